The second kappa shape index (κ2) is 7.70. The van der Waals surface area contributed by atoms with Crippen molar-refractivity contribution in [2.24, 2.45) is 5.84 Å². The minimum Gasteiger partial charge on any atom is -0.380 e. The van der Waals surface area contributed by atoms with Gasteiger partial charge in [-0.3, -0.25) is 4.79 Å². The van der Waals surface area contributed by atoms with Crippen molar-refractivity contribution in [1.82, 2.24) is 10.3 Å². The molecule has 4 N–H and O–H groups in total. The van der Waals surface area contributed by atoms with Gasteiger partial charge in [-0.25, -0.2) is 10.8 Å². The van der Waals surface area contributed by atoms with Gasteiger partial charge in [-0.15, -0.1) is 0 Å². The van der Waals surface area contributed by atoms with Gasteiger partial charge in [-0.1, -0.05) is 13.3 Å². The monoisotopic (exact) mass is 266 g/mol. The van der Waals surface area contributed by atoms with E-state index in [2.05, 4.69) is 22.7 Å². The zero-order chi connectivity index (χ0) is 14.3. The van der Waals surface area contributed by atoms with Crippen molar-refractivity contribution < 1.29 is 9.53 Å². The molecule has 1 aromatic heterocycles. The van der Waals surface area contributed by atoms with Crippen LogP contribution in [0.15, 0.2) is 12.1 Å². The van der Waals surface area contributed by atoms with E-state index in [1.54, 1.807) is 19.2 Å². The Morgan fingerprint density at radius 3 is 2.84 bits per heavy atom. The van der Waals surface area contributed by atoms with Crippen molar-refractivity contribution >= 4 is 11.7 Å². The zero-order valence-electron chi connectivity index (χ0n) is 11.7. The van der Waals surface area contributed by atoms with Gasteiger partial charge in [0.25, 0.3) is 5.91 Å². The summed E-state index contributed by atoms with van der Waals surface area (Å²) < 4.78 is 5.08. The topological polar surface area (TPSA) is 89.3 Å². The first-order chi connectivity index (χ1) is 9.10. The summed E-state index contributed by atoms with van der Waals surface area (Å²) in [6.07, 6.45) is 1.75. The van der Waals surface area contributed by atoms with Gasteiger partial charge in [0.2, 0.25) is 0 Å². The summed E-state index contributed by atoms with van der Waals surface area (Å²) in [7, 11) is 1.61. The number of pyridine rings is 1. The number of hydrogen-bond donors (Lipinski definition) is 3. The Morgan fingerprint density at radius 1 is 1.53 bits per heavy atom. The summed E-state index contributed by atoms with van der Waals surface area (Å²) in [6.45, 7) is 4.42. The second-order valence-corrected chi connectivity index (χ2v) is 4.38. The number of aromatic nitrogens is 1. The molecule has 1 aromatic rings. The molecule has 19 heavy (non-hydrogen) atoms. The number of nitrogens with two attached hydrogens (primary N) is 1. The van der Waals surface area contributed by atoms with Crippen LogP contribution < -0.4 is 16.6 Å². The van der Waals surface area contributed by atoms with Crippen LogP contribution in [0.2, 0.25) is 0 Å². The molecular formula is C13H22N4O2. The number of hydrogen-bond acceptors (Lipinski definition) is 5. The zero-order valence-corrected chi connectivity index (χ0v) is 11.7. The van der Waals surface area contributed by atoms with Crippen LogP contribution in [0, 0.1) is 0 Å². The summed E-state index contributed by atoms with van der Waals surface area (Å²) in [5.41, 5.74) is 3.88. The number of rotatable bonds is 7. The Labute approximate surface area is 113 Å². The fourth-order valence-electron chi connectivity index (χ4n) is 1.60. The Morgan fingerprint density at radius 2 is 2.26 bits per heavy atom. The lowest BCUT2D eigenvalue weighted by Crippen LogP contribution is -2.31. The van der Waals surface area contributed by atoms with E-state index >= 15 is 0 Å². The number of anilines is 1. The van der Waals surface area contributed by atoms with Crippen molar-refractivity contribution in [3.63, 3.8) is 0 Å². The molecule has 1 rings (SSSR count). The Bertz CT molecular complexity index is 423. The lowest BCUT2D eigenvalue weighted by Gasteiger charge is -2.12. The van der Waals surface area contributed by atoms with Gasteiger partial charge >= 0.3 is 0 Å². The summed E-state index contributed by atoms with van der Waals surface area (Å²) in [5.74, 6) is 5.71. The van der Waals surface area contributed by atoms with Crippen LogP contribution in [-0.4, -0.2) is 30.6 Å². The first-order valence-corrected chi connectivity index (χ1v) is 6.39. The van der Waals surface area contributed by atoms with Crippen LogP contribution in [0.5, 0.6) is 0 Å². The number of nitrogens with one attached hydrogen (secondary N) is 2. The third kappa shape index (κ3) is 4.84. The van der Waals surface area contributed by atoms with Crippen LogP contribution in [0.3, 0.4) is 0 Å². The molecule has 0 aliphatic carbocycles. The Kier molecular flexibility index (Phi) is 6.24. The number of carbonyl (C=O) groups is 1. The Hall–Kier alpha value is -1.66. The summed E-state index contributed by atoms with van der Waals surface area (Å²) >= 11 is 0. The molecule has 1 heterocycles. The van der Waals surface area contributed by atoms with Gasteiger partial charge in [0.15, 0.2) is 0 Å². The minimum atomic E-state index is -0.153. The van der Waals surface area contributed by atoms with Crippen LogP contribution >= 0.6 is 0 Å². The highest BCUT2D eigenvalue weighted by atomic mass is 16.5. The molecule has 0 aliphatic heterocycles. The Balaban J connectivity index is 2.80. The van der Waals surface area contributed by atoms with E-state index in [-0.39, 0.29) is 12.0 Å². The highest BCUT2D eigenvalue weighted by molar-refractivity contribution is 5.95. The molecular weight excluding hydrogens is 244 g/mol. The molecule has 0 aromatic carbocycles. The molecule has 0 saturated heterocycles. The number of amides is 1. The molecule has 1 unspecified atom stereocenters. The standard InChI is InChI=1S/C13H22N4O2/c1-4-5-11-6-10(7-12(16-11)17-14)13(18)15-8-9(2)19-3/h6-7,9H,4-5,8,14H2,1-3H3,(H,15,18)(H,16,17). The van der Waals surface area contributed by atoms with E-state index in [9.17, 15) is 4.79 Å². The number of methoxy groups -OCH3 is 1. The average molecular weight is 266 g/mol. The summed E-state index contributed by atoms with van der Waals surface area (Å²) in [5, 5.41) is 2.81. The third-order valence-corrected chi connectivity index (χ3v) is 2.75. The highest BCUT2D eigenvalue weighted by Gasteiger charge is 2.10. The number of ether oxygens (including phenoxy) is 1. The third-order valence-electron chi connectivity index (χ3n) is 2.75. The van der Waals surface area contributed by atoms with Crippen molar-refractivity contribution in [2.75, 3.05) is 19.1 Å². The first-order valence-electron chi connectivity index (χ1n) is 6.39. The maximum absolute atomic E-state index is 12.0. The number of aryl methyl sites for hydroxylation is 1. The molecule has 0 fully saturated rings. The molecule has 0 saturated carbocycles. The number of nitrogen functional groups attached to an aromatic ring is 1. The normalized spacial score (nSPS) is 12.0. The average Bonchev–Trinajstić information content (AvgIpc) is 2.44. The van der Waals surface area contributed by atoms with Crippen LogP contribution in [0.25, 0.3) is 0 Å². The van der Waals surface area contributed by atoms with Crippen LogP contribution in [0.4, 0.5) is 5.82 Å². The minimum absolute atomic E-state index is 0.0204. The van der Waals surface area contributed by atoms with E-state index in [1.165, 1.54) is 0 Å². The fourth-order valence-corrected chi connectivity index (χ4v) is 1.60. The van der Waals surface area contributed by atoms with E-state index < -0.39 is 0 Å². The lowest BCUT2D eigenvalue weighted by atomic mass is 10.1. The largest absolute Gasteiger partial charge is 0.380 e. The maximum atomic E-state index is 12.0. The van der Waals surface area contributed by atoms with Gasteiger partial charge < -0.3 is 15.5 Å². The van der Waals surface area contributed by atoms with E-state index in [4.69, 9.17) is 10.6 Å². The van der Waals surface area contributed by atoms with Gasteiger partial charge in [-0.2, -0.15) is 0 Å². The molecule has 1 amide bonds. The predicted octanol–water partition coefficient (Wildman–Crippen LogP) is 1.08. The second-order valence-electron chi connectivity index (χ2n) is 4.38. The fraction of sp³-hybridized carbons (Fsp3) is 0.538. The van der Waals surface area contributed by atoms with Crippen molar-refractivity contribution in [3.8, 4) is 0 Å². The van der Waals surface area contributed by atoms with Gasteiger partial charge in [0.05, 0.1) is 6.10 Å². The van der Waals surface area contributed by atoms with Gasteiger partial charge in [-0.05, 0) is 25.5 Å². The lowest BCUT2D eigenvalue weighted by molar-refractivity contribution is 0.0870. The van der Waals surface area contributed by atoms with Crippen LogP contribution in [-0.2, 0) is 11.2 Å². The first kappa shape index (κ1) is 15.4. The molecule has 6 nitrogen and oxygen atoms in total. The highest BCUT2D eigenvalue weighted by Crippen LogP contribution is 2.11. The molecule has 106 valence electrons. The predicted molar refractivity (Wildman–Crippen MR) is 74.8 cm³/mol. The van der Waals surface area contributed by atoms with E-state index in [0.29, 0.717) is 17.9 Å². The number of nitrogens with zero attached hydrogens (tertiary/aromatic N) is 1. The van der Waals surface area contributed by atoms with Crippen LogP contribution in [0.1, 0.15) is 36.3 Å². The van der Waals surface area contributed by atoms with E-state index in [0.717, 1.165) is 18.5 Å². The molecule has 1 atom stereocenters. The van der Waals surface area contributed by atoms with Crippen molar-refractivity contribution in [3.05, 3.63) is 23.4 Å². The quantitative estimate of drug-likeness (QED) is 0.507. The molecule has 0 spiro atoms. The maximum Gasteiger partial charge on any atom is 0.251 e. The van der Waals surface area contributed by atoms with Crippen molar-refractivity contribution in [2.45, 2.75) is 32.8 Å². The molecule has 6 heteroatoms. The van der Waals surface area contributed by atoms with E-state index in [1.807, 2.05) is 6.92 Å². The summed E-state index contributed by atoms with van der Waals surface area (Å²) in [4.78, 5) is 16.3. The van der Waals surface area contributed by atoms with Crippen molar-refractivity contribution in [1.29, 1.82) is 0 Å². The number of hydrazine groups is 1. The summed E-state index contributed by atoms with van der Waals surface area (Å²) in [6, 6.07) is 3.42. The SMILES string of the molecule is CCCc1cc(C(=O)NCC(C)OC)cc(NN)n1. The molecule has 0 bridgehead atoms. The molecule has 0 aliphatic rings. The van der Waals surface area contributed by atoms with Gasteiger partial charge in [0, 0.05) is 24.9 Å². The smallest absolute Gasteiger partial charge is 0.251 e. The molecule has 0 radical (unpaired) electrons. The van der Waals surface area contributed by atoms with Gasteiger partial charge in [0.1, 0.15) is 5.82 Å². The number of carbonyl (C=O) groups excluding carboxylic acids is 1.